The topological polar surface area (TPSA) is 55.2 Å². The Balaban J connectivity index is 1.85. The molecule has 1 aliphatic carbocycles. The van der Waals surface area contributed by atoms with Crippen LogP contribution in [0.1, 0.15) is 24.4 Å². The highest BCUT2D eigenvalue weighted by molar-refractivity contribution is 5.52. The van der Waals surface area contributed by atoms with E-state index in [-0.39, 0.29) is 11.7 Å². The number of halogens is 1. The molecule has 0 amide bonds. The van der Waals surface area contributed by atoms with Gasteiger partial charge in [-0.2, -0.15) is 0 Å². The van der Waals surface area contributed by atoms with Crippen LogP contribution in [0.5, 0.6) is 0 Å². The van der Waals surface area contributed by atoms with Gasteiger partial charge in [-0.3, -0.25) is 10.1 Å². The maximum Gasteiger partial charge on any atom is 0.272 e. The Morgan fingerprint density at radius 3 is 2.48 bits per heavy atom. The van der Waals surface area contributed by atoms with E-state index in [1.165, 1.54) is 12.1 Å². The lowest BCUT2D eigenvalue weighted by atomic mass is 10.0. The zero-order valence-electron chi connectivity index (χ0n) is 11.3. The van der Waals surface area contributed by atoms with Crippen LogP contribution in [0.4, 0.5) is 15.8 Å². The van der Waals surface area contributed by atoms with Crippen molar-refractivity contribution in [2.75, 3.05) is 5.32 Å². The lowest BCUT2D eigenvalue weighted by Crippen LogP contribution is -2.13. The molecule has 0 aromatic heterocycles. The second kappa shape index (κ2) is 5.52. The van der Waals surface area contributed by atoms with Gasteiger partial charge in [-0.1, -0.05) is 30.3 Å². The molecule has 1 N–H and O–H groups in total. The summed E-state index contributed by atoms with van der Waals surface area (Å²) in [5.41, 5.74) is 1.18. The van der Waals surface area contributed by atoms with Crippen LogP contribution >= 0.6 is 0 Å². The van der Waals surface area contributed by atoms with E-state index in [4.69, 9.17) is 0 Å². The van der Waals surface area contributed by atoms with Crippen LogP contribution in [-0.2, 0) is 0 Å². The van der Waals surface area contributed by atoms with Gasteiger partial charge in [-0.15, -0.1) is 0 Å². The van der Waals surface area contributed by atoms with Crippen LogP contribution in [0.25, 0.3) is 0 Å². The molecule has 108 valence electrons. The summed E-state index contributed by atoms with van der Waals surface area (Å²) in [7, 11) is 0. The second-order valence-corrected chi connectivity index (χ2v) is 5.29. The first-order chi connectivity index (χ1) is 10.1. The van der Waals surface area contributed by atoms with Gasteiger partial charge in [0.25, 0.3) is 5.69 Å². The molecule has 0 radical (unpaired) electrons. The molecule has 0 saturated heterocycles. The Kier molecular flexibility index (Phi) is 3.56. The third kappa shape index (κ3) is 3.02. The predicted molar refractivity (Wildman–Crippen MR) is 78.6 cm³/mol. The second-order valence-electron chi connectivity index (χ2n) is 5.29. The van der Waals surface area contributed by atoms with Gasteiger partial charge in [0.2, 0.25) is 0 Å². The van der Waals surface area contributed by atoms with Crippen LogP contribution in [-0.4, -0.2) is 4.92 Å². The van der Waals surface area contributed by atoms with Crippen LogP contribution in [0, 0.1) is 21.8 Å². The minimum atomic E-state index is -0.595. The molecule has 1 aliphatic rings. The first-order valence-corrected chi connectivity index (χ1v) is 6.90. The third-order valence-electron chi connectivity index (χ3n) is 3.73. The number of hydrogen-bond acceptors (Lipinski definition) is 3. The van der Waals surface area contributed by atoms with E-state index in [2.05, 4.69) is 5.32 Å². The van der Waals surface area contributed by atoms with Crippen molar-refractivity contribution in [3.05, 3.63) is 70.0 Å². The fraction of sp³-hybridized carbons (Fsp3) is 0.250. The van der Waals surface area contributed by atoms with Gasteiger partial charge in [0, 0.05) is 6.07 Å². The molecular weight excluding hydrogens is 271 g/mol. The monoisotopic (exact) mass is 286 g/mol. The van der Waals surface area contributed by atoms with Crippen molar-refractivity contribution in [1.29, 1.82) is 0 Å². The predicted octanol–water partition coefficient (Wildman–Crippen LogP) is 4.30. The van der Waals surface area contributed by atoms with Crippen molar-refractivity contribution >= 4 is 11.4 Å². The van der Waals surface area contributed by atoms with Crippen LogP contribution in [0.3, 0.4) is 0 Å². The first-order valence-electron chi connectivity index (χ1n) is 6.90. The zero-order valence-corrected chi connectivity index (χ0v) is 11.3. The van der Waals surface area contributed by atoms with Crippen LogP contribution in [0.2, 0.25) is 0 Å². The van der Waals surface area contributed by atoms with Crippen LogP contribution in [0.15, 0.2) is 48.5 Å². The summed E-state index contributed by atoms with van der Waals surface area (Å²) in [6, 6.07) is 13.6. The molecule has 0 heterocycles. The number of anilines is 1. The molecule has 0 aliphatic heterocycles. The Bertz CT molecular complexity index is 657. The number of nitro benzene ring substituents is 1. The molecule has 0 spiro atoms. The Morgan fingerprint density at radius 2 is 1.90 bits per heavy atom. The van der Waals surface area contributed by atoms with E-state index in [0.717, 1.165) is 24.5 Å². The molecule has 0 bridgehead atoms. The van der Waals surface area contributed by atoms with Gasteiger partial charge in [-0.05, 0) is 30.4 Å². The number of benzene rings is 2. The number of nitrogens with one attached hydrogen (secondary N) is 1. The Morgan fingerprint density at radius 1 is 1.19 bits per heavy atom. The Labute approximate surface area is 121 Å². The highest BCUT2D eigenvalue weighted by Gasteiger charge is 2.32. The van der Waals surface area contributed by atoms with E-state index in [1.54, 1.807) is 0 Å². The van der Waals surface area contributed by atoms with Crippen LogP contribution < -0.4 is 5.32 Å². The normalized spacial score (nSPS) is 15.5. The van der Waals surface area contributed by atoms with Gasteiger partial charge < -0.3 is 5.32 Å². The number of nitro groups is 1. The van der Waals surface area contributed by atoms with Crippen molar-refractivity contribution < 1.29 is 9.31 Å². The highest BCUT2D eigenvalue weighted by Crippen LogP contribution is 2.43. The molecule has 21 heavy (non-hydrogen) atoms. The minimum absolute atomic E-state index is 0.0437. The molecule has 2 aromatic rings. The number of hydrogen-bond donors (Lipinski definition) is 1. The van der Waals surface area contributed by atoms with E-state index >= 15 is 0 Å². The molecule has 0 unspecified atom stereocenters. The SMILES string of the molecule is O=[N+]([O-])c1ccc(N[C@@H](c2ccccc2)C2CC2)c(F)c1. The maximum atomic E-state index is 14.0. The lowest BCUT2D eigenvalue weighted by Gasteiger charge is -2.20. The fourth-order valence-corrected chi connectivity index (χ4v) is 2.47. The summed E-state index contributed by atoms with van der Waals surface area (Å²) < 4.78 is 14.0. The smallest absolute Gasteiger partial charge is 0.272 e. The molecule has 4 nitrogen and oxygen atoms in total. The molecule has 3 rings (SSSR count). The highest BCUT2D eigenvalue weighted by atomic mass is 19.1. The van der Waals surface area contributed by atoms with E-state index in [1.807, 2.05) is 30.3 Å². The Hall–Kier alpha value is -2.43. The number of nitrogens with zero attached hydrogens (tertiary/aromatic N) is 1. The van der Waals surface area contributed by atoms with E-state index in [0.29, 0.717) is 11.6 Å². The summed E-state index contributed by atoms with van der Waals surface area (Å²) in [5.74, 6) is -0.104. The molecule has 5 heteroatoms. The van der Waals surface area contributed by atoms with Crippen molar-refractivity contribution in [1.82, 2.24) is 0 Å². The minimum Gasteiger partial charge on any atom is -0.376 e. The summed E-state index contributed by atoms with van der Waals surface area (Å²) in [5, 5.41) is 13.8. The van der Waals surface area contributed by atoms with E-state index in [9.17, 15) is 14.5 Å². The van der Waals surface area contributed by atoms with Crippen molar-refractivity contribution in [2.24, 2.45) is 5.92 Å². The van der Waals surface area contributed by atoms with Gasteiger partial charge >= 0.3 is 0 Å². The maximum absolute atomic E-state index is 14.0. The van der Waals surface area contributed by atoms with E-state index < -0.39 is 10.7 Å². The molecule has 1 fully saturated rings. The van der Waals surface area contributed by atoms with Crippen molar-refractivity contribution in [3.63, 3.8) is 0 Å². The van der Waals surface area contributed by atoms with Crippen molar-refractivity contribution in [3.8, 4) is 0 Å². The quantitative estimate of drug-likeness (QED) is 0.658. The number of rotatable bonds is 5. The fourth-order valence-electron chi connectivity index (χ4n) is 2.47. The van der Waals surface area contributed by atoms with Gasteiger partial charge in [0.1, 0.15) is 0 Å². The lowest BCUT2D eigenvalue weighted by molar-refractivity contribution is -0.385. The average Bonchev–Trinajstić information content (AvgIpc) is 3.31. The summed E-state index contributed by atoms with van der Waals surface area (Å²) >= 11 is 0. The third-order valence-corrected chi connectivity index (χ3v) is 3.73. The van der Waals surface area contributed by atoms with Crippen molar-refractivity contribution in [2.45, 2.75) is 18.9 Å². The summed E-state index contributed by atoms with van der Waals surface area (Å²) in [4.78, 5) is 10.1. The van der Waals surface area contributed by atoms with Gasteiger partial charge in [0.15, 0.2) is 5.82 Å². The van der Waals surface area contributed by atoms with Gasteiger partial charge in [0.05, 0.1) is 22.7 Å². The molecular formula is C16H15FN2O2. The summed E-state index contributed by atoms with van der Waals surface area (Å²) in [6.45, 7) is 0. The zero-order chi connectivity index (χ0) is 14.8. The average molecular weight is 286 g/mol. The summed E-state index contributed by atoms with van der Waals surface area (Å²) in [6.07, 6.45) is 2.22. The first kappa shape index (κ1) is 13.5. The number of non-ortho nitro benzene ring substituents is 1. The molecule has 1 atom stereocenters. The van der Waals surface area contributed by atoms with Gasteiger partial charge in [-0.25, -0.2) is 4.39 Å². The molecule has 1 saturated carbocycles. The standard InChI is InChI=1S/C16H15FN2O2/c17-14-10-13(19(20)21)8-9-15(14)18-16(12-6-7-12)11-4-2-1-3-5-11/h1-5,8-10,12,16,18H,6-7H2/t16-/m0/s1. The largest absolute Gasteiger partial charge is 0.376 e. The molecule has 2 aromatic carbocycles.